The maximum Gasteiger partial charge on any atom is 0.165 e. The van der Waals surface area contributed by atoms with Crippen molar-refractivity contribution in [2.45, 2.75) is 23.5 Å². The first-order valence-electron chi connectivity index (χ1n) is 5.94. The van der Waals surface area contributed by atoms with Gasteiger partial charge >= 0.3 is 0 Å². The van der Waals surface area contributed by atoms with Crippen LogP contribution in [0.1, 0.15) is 28.8 Å². The average molecular weight is 275 g/mol. The van der Waals surface area contributed by atoms with Crippen LogP contribution in [0.2, 0.25) is 0 Å². The molecule has 0 saturated heterocycles. The maximum absolute atomic E-state index is 12.1. The zero-order valence-corrected chi connectivity index (χ0v) is 11.7. The number of Topliss-reactive ketones (excluding diaryl/α,β-unsaturated/α-hetero) is 1. The molecular formula is C14H13NOS2. The minimum Gasteiger partial charge on any atom is -0.294 e. The minimum atomic E-state index is 0.317. The number of ketones is 1. The molecule has 4 heteroatoms. The van der Waals surface area contributed by atoms with E-state index in [9.17, 15) is 4.79 Å². The van der Waals surface area contributed by atoms with Crippen molar-refractivity contribution in [1.82, 2.24) is 4.98 Å². The van der Waals surface area contributed by atoms with Crippen LogP contribution in [-0.2, 0) is 6.42 Å². The molecule has 1 aliphatic carbocycles. The van der Waals surface area contributed by atoms with E-state index in [1.165, 1.54) is 20.2 Å². The van der Waals surface area contributed by atoms with Crippen LogP contribution in [0.25, 0.3) is 10.4 Å². The maximum atomic E-state index is 12.1. The Bertz CT molecular complexity index is 589. The molecule has 0 aromatic carbocycles. The fourth-order valence-corrected chi connectivity index (χ4v) is 4.52. The van der Waals surface area contributed by atoms with Crippen molar-refractivity contribution in [3.8, 4) is 10.4 Å². The summed E-state index contributed by atoms with van der Waals surface area (Å²) in [5, 5.41) is 0. The Balaban J connectivity index is 2.20. The van der Waals surface area contributed by atoms with Crippen LogP contribution in [0.3, 0.4) is 0 Å². The van der Waals surface area contributed by atoms with E-state index < -0.39 is 0 Å². The van der Waals surface area contributed by atoms with Crippen LogP contribution in [0.5, 0.6) is 0 Å². The molecule has 0 radical (unpaired) electrons. The normalized spacial score (nSPS) is 14.6. The first-order chi connectivity index (χ1) is 8.81. The van der Waals surface area contributed by atoms with E-state index >= 15 is 0 Å². The third kappa shape index (κ3) is 1.89. The Morgan fingerprint density at radius 3 is 2.78 bits per heavy atom. The number of carbonyl (C=O) groups is 1. The molecular weight excluding hydrogens is 262 g/mol. The molecule has 0 spiro atoms. The van der Waals surface area contributed by atoms with Crippen LogP contribution in [0, 0.1) is 0 Å². The Morgan fingerprint density at radius 1 is 1.28 bits per heavy atom. The summed E-state index contributed by atoms with van der Waals surface area (Å²) in [7, 11) is 0. The summed E-state index contributed by atoms with van der Waals surface area (Å²) in [4.78, 5) is 17.4. The van der Waals surface area contributed by atoms with Gasteiger partial charge in [-0.2, -0.15) is 0 Å². The molecule has 1 aliphatic rings. The second kappa shape index (κ2) is 4.86. The number of thioether (sulfide) groups is 1. The standard InChI is InChI=1S/C14H13NOS2/c1-17-14-12-10(3-2-4-11(12)16)13(18-14)9-5-7-15-8-6-9/h5-8H,2-4H2,1H3. The monoisotopic (exact) mass is 275 g/mol. The molecule has 0 bridgehead atoms. The number of aromatic nitrogens is 1. The third-order valence-corrected chi connectivity index (χ3v) is 5.61. The lowest BCUT2D eigenvalue weighted by Crippen LogP contribution is -2.09. The van der Waals surface area contributed by atoms with Gasteiger partial charge in [-0.25, -0.2) is 0 Å². The number of hydrogen-bond acceptors (Lipinski definition) is 4. The van der Waals surface area contributed by atoms with Gasteiger partial charge in [0.15, 0.2) is 5.78 Å². The summed E-state index contributed by atoms with van der Waals surface area (Å²) in [5.74, 6) is 0.317. The minimum absolute atomic E-state index is 0.317. The van der Waals surface area contributed by atoms with Crippen LogP contribution in [0.4, 0.5) is 0 Å². The number of pyridine rings is 1. The van der Waals surface area contributed by atoms with Crippen LogP contribution >= 0.6 is 23.1 Å². The first-order valence-corrected chi connectivity index (χ1v) is 7.98. The molecule has 92 valence electrons. The summed E-state index contributed by atoms with van der Waals surface area (Å²) in [6.07, 6.45) is 8.37. The molecule has 2 aromatic heterocycles. The molecule has 2 heterocycles. The zero-order valence-electron chi connectivity index (χ0n) is 10.1. The fraction of sp³-hybridized carbons (Fsp3) is 0.286. The SMILES string of the molecule is CSc1sc(-c2ccncc2)c2c1C(=O)CCC2. The highest BCUT2D eigenvalue weighted by atomic mass is 32.2. The number of rotatable bonds is 2. The molecule has 0 saturated carbocycles. The van der Waals surface area contributed by atoms with Crippen molar-refractivity contribution in [2.24, 2.45) is 0 Å². The highest BCUT2D eigenvalue weighted by molar-refractivity contribution is 8.00. The van der Waals surface area contributed by atoms with Gasteiger partial charge < -0.3 is 0 Å². The topological polar surface area (TPSA) is 30.0 Å². The third-order valence-electron chi connectivity index (χ3n) is 3.21. The molecule has 18 heavy (non-hydrogen) atoms. The molecule has 0 amide bonds. The van der Waals surface area contributed by atoms with Crippen molar-refractivity contribution < 1.29 is 4.79 Å². The summed E-state index contributed by atoms with van der Waals surface area (Å²) < 4.78 is 1.17. The second-order valence-corrected chi connectivity index (χ2v) is 6.38. The van der Waals surface area contributed by atoms with Gasteiger partial charge in [0, 0.05) is 29.3 Å². The quantitative estimate of drug-likeness (QED) is 0.774. The Hall–Kier alpha value is -1.13. The van der Waals surface area contributed by atoms with Crippen molar-refractivity contribution in [1.29, 1.82) is 0 Å². The fourth-order valence-electron chi connectivity index (χ4n) is 2.39. The van der Waals surface area contributed by atoms with E-state index in [1.807, 2.05) is 30.8 Å². The number of carbonyl (C=O) groups excluding carboxylic acids is 1. The molecule has 0 atom stereocenters. The lowest BCUT2D eigenvalue weighted by Gasteiger charge is -2.12. The zero-order chi connectivity index (χ0) is 12.5. The van der Waals surface area contributed by atoms with Gasteiger partial charge in [0.25, 0.3) is 0 Å². The highest BCUT2D eigenvalue weighted by Crippen LogP contribution is 2.44. The smallest absolute Gasteiger partial charge is 0.165 e. The van der Waals surface area contributed by atoms with Crippen molar-refractivity contribution >= 4 is 28.9 Å². The van der Waals surface area contributed by atoms with Crippen LogP contribution in [-0.4, -0.2) is 17.0 Å². The van der Waals surface area contributed by atoms with Gasteiger partial charge in [-0.1, -0.05) is 0 Å². The Morgan fingerprint density at radius 2 is 2.06 bits per heavy atom. The van der Waals surface area contributed by atoms with E-state index in [2.05, 4.69) is 4.98 Å². The van der Waals surface area contributed by atoms with Crippen molar-refractivity contribution in [3.63, 3.8) is 0 Å². The van der Waals surface area contributed by atoms with E-state index in [0.717, 1.165) is 18.4 Å². The summed E-state index contributed by atoms with van der Waals surface area (Å²) in [5.41, 5.74) is 3.43. The van der Waals surface area contributed by atoms with Gasteiger partial charge in [0.05, 0.1) is 4.21 Å². The average Bonchev–Trinajstić information content (AvgIpc) is 2.80. The summed E-state index contributed by atoms with van der Waals surface area (Å²) in [6.45, 7) is 0. The van der Waals surface area contributed by atoms with Gasteiger partial charge in [0.2, 0.25) is 0 Å². The predicted octanol–water partition coefficient (Wildman–Crippen LogP) is 4.05. The van der Waals surface area contributed by atoms with E-state index in [1.54, 1.807) is 23.1 Å². The number of thiophene rings is 1. The summed E-state index contributed by atoms with van der Waals surface area (Å²) >= 11 is 3.43. The van der Waals surface area contributed by atoms with Gasteiger partial charge in [-0.3, -0.25) is 9.78 Å². The molecule has 3 rings (SSSR count). The molecule has 2 nitrogen and oxygen atoms in total. The second-order valence-electron chi connectivity index (χ2n) is 4.29. The predicted molar refractivity (Wildman–Crippen MR) is 76.6 cm³/mol. The van der Waals surface area contributed by atoms with Gasteiger partial charge in [-0.05, 0) is 42.4 Å². The lowest BCUT2D eigenvalue weighted by atomic mass is 9.91. The molecule has 0 unspecified atom stereocenters. The number of hydrogen-bond donors (Lipinski definition) is 0. The first kappa shape index (κ1) is 11.9. The summed E-state index contributed by atoms with van der Waals surface area (Å²) in [6, 6.07) is 4.05. The van der Waals surface area contributed by atoms with Crippen LogP contribution < -0.4 is 0 Å². The lowest BCUT2D eigenvalue weighted by molar-refractivity contribution is 0.0970. The number of fused-ring (bicyclic) bond motifs is 1. The van der Waals surface area contributed by atoms with Crippen LogP contribution in [0.15, 0.2) is 28.7 Å². The molecule has 2 aromatic rings. The Labute approximate surface area is 114 Å². The van der Waals surface area contributed by atoms with Crippen molar-refractivity contribution in [3.05, 3.63) is 35.7 Å². The molecule has 0 N–H and O–H groups in total. The Kier molecular flexibility index (Phi) is 3.22. The highest BCUT2D eigenvalue weighted by Gasteiger charge is 2.26. The van der Waals surface area contributed by atoms with Gasteiger partial charge in [-0.15, -0.1) is 23.1 Å². The van der Waals surface area contributed by atoms with E-state index in [0.29, 0.717) is 12.2 Å². The van der Waals surface area contributed by atoms with Crippen molar-refractivity contribution in [2.75, 3.05) is 6.26 Å². The van der Waals surface area contributed by atoms with E-state index in [4.69, 9.17) is 0 Å². The largest absolute Gasteiger partial charge is 0.294 e. The molecule has 0 fully saturated rings. The van der Waals surface area contributed by atoms with Gasteiger partial charge in [0.1, 0.15) is 0 Å². The van der Waals surface area contributed by atoms with E-state index in [-0.39, 0.29) is 0 Å². The number of nitrogens with zero attached hydrogens (tertiary/aromatic N) is 1. The molecule has 0 aliphatic heterocycles.